The highest BCUT2D eigenvalue weighted by molar-refractivity contribution is 5.94. The van der Waals surface area contributed by atoms with E-state index in [2.05, 4.69) is 17.1 Å². The summed E-state index contributed by atoms with van der Waals surface area (Å²) < 4.78 is 5.24. The third-order valence-electron chi connectivity index (χ3n) is 7.20. The third-order valence-corrected chi connectivity index (χ3v) is 7.20. The molecule has 0 saturated carbocycles. The van der Waals surface area contributed by atoms with Crippen LogP contribution in [0.2, 0.25) is 0 Å². The van der Waals surface area contributed by atoms with Gasteiger partial charge in [-0.25, -0.2) is 4.98 Å². The van der Waals surface area contributed by atoms with Gasteiger partial charge >= 0.3 is 5.97 Å². The maximum absolute atomic E-state index is 13.2. The lowest BCUT2D eigenvalue weighted by molar-refractivity contribution is -0.141. The lowest BCUT2D eigenvalue weighted by Crippen LogP contribution is -2.36. The molecule has 0 saturated heterocycles. The quantitative estimate of drug-likeness (QED) is 0.542. The van der Waals surface area contributed by atoms with Crippen molar-refractivity contribution >= 4 is 11.9 Å². The lowest BCUT2D eigenvalue weighted by Gasteiger charge is -2.31. The normalized spacial score (nSPS) is 14.7. The number of aromatic nitrogens is 1. The van der Waals surface area contributed by atoms with Gasteiger partial charge in [-0.2, -0.15) is 0 Å². The smallest absolute Gasteiger partial charge is 0.307 e. The first-order chi connectivity index (χ1) is 16.7. The monoisotopic (exact) mass is 472 g/mol. The van der Waals surface area contributed by atoms with Gasteiger partial charge in [0.1, 0.15) is 0 Å². The van der Waals surface area contributed by atoms with Crippen molar-refractivity contribution < 1.29 is 19.4 Å². The number of carbonyl (C=O) groups is 2. The molecule has 2 unspecified atom stereocenters. The van der Waals surface area contributed by atoms with E-state index in [4.69, 9.17) is 4.74 Å². The highest BCUT2D eigenvalue weighted by atomic mass is 16.5. The second-order valence-electron chi connectivity index (χ2n) is 9.49. The summed E-state index contributed by atoms with van der Waals surface area (Å²) in [6, 6.07) is 13.8. The summed E-state index contributed by atoms with van der Waals surface area (Å²) in [7, 11) is 1.56. The van der Waals surface area contributed by atoms with Crippen molar-refractivity contribution in [1.82, 2.24) is 9.88 Å². The van der Waals surface area contributed by atoms with Crippen LogP contribution in [0.1, 0.15) is 62.1 Å². The fourth-order valence-corrected chi connectivity index (χ4v) is 4.86. The number of methoxy groups -OCH3 is 1. The Morgan fingerprint density at radius 3 is 2.43 bits per heavy atom. The van der Waals surface area contributed by atoms with E-state index in [1.165, 1.54) is 5.56 Å². The van der Waals surface area contributed by atoms with Crippen LogP contribution in [-0.2, 0) is 17.8 Å². The van der Waals surface area contributed by atoms with E-state index in [-0.39, 0.29) is 11.8 Å². The molecule has 182 valence electrons. The van der Waals surface area contributed by atoms with Crippen LogP contribution in [0.25, 0.3) is 0 Å². The molecule has 1 aliphatic heterocycles. The molecular weight excluding hydrogens is 440 g/mol. The predicted molar refractivity (Wildman–Crippen MR) is 135 cm³/mol. The Morgan fingerprint density at radius 1 is 1.00 bits per heavy atom. The molecule has 0 spiro atoms. The van der Waals surface area contributed by atoms with Crippen LogP contribution in [-0.4, -0.2) is 40.5 Å². The topological polar surface area (TPSA) is 79.7 Å². The van der Waals surface area contributed by atoms with Crippen LogP contribution < -0.4 is 4.74 Å². The Labute approximate surface area is 206 Å². The second-order valence-corrected chi connectivity index (χ2v) is 9.49. The summed E-state index contributed by atoms with van der Waals surface area (Å²) in [6.07, 6.45) is 2.49. The first kappa shape index (κ1) is 24.5. The van der Waals surface area contributed by atoms with Crippen LogP contribution in [0.3, 0.4) is 0 Å². The van der Waals surface area contributed by atoms with Crippen molar-refractivity contribution in [3.8, 4) is 5.88 Å². The summed E-state index contributed by atoms with van der Waals surface area (Å²) in [5.41, 5.74) is 7.93. The SMILES string of the molecule is COc1cc(C)c(C(c2ccc3c(c2)CN(C(=O)c2ccc(C)c(C)c2)CC3)C(C)C(=O)O)cn1. The number of benzene rings is 2. The van der Waals surface area contributed by atoms with Crippen molar-refractivity contribution in [2.24, 2.45) is 5.92 Å². The van der Waals surface area contributed by atoms with E-state index in [1.807, 2.05) is 56.0 Å². The van der Waals surface area contributed by atoms with E-state index >= 15 is 0 Å². The maximum atomic E-state index is 13.2. The molecule has 1 aromatic heterocycles. The number of amides is 1. The van der Waals surface area contributed by atoms with Crippen molar-refractivity contribution in [3.05, 3.63) is 93.2 Å². The molecule has 2 atom stereocenters. The number of hydrogen-bond acceptors (Lipinski definition) is 4. The second kappa shape index (κ2) is 9.90. The first-order valence-corrected chi connectivity index (χ1v) is 11.9. The number of aryl methyl sites for hydroxylation is 3. The lowest BCUT2D eigenvalue weighted by atomic mass is 9.79. The van der Waals surface area contributed by atoms with Crippen LogP contribution in [0, 0.1) is 26.7 Å². The Hall–Kier alpha value is -3.67. The number of fused-ring (bicyclic) bond motifs is 1. The summed E-state index contributed by atoms with van der Waals surface area (Å²) in [4.78, 5) is 31.5. The van der Waals surface area contributed by atoms with E-state index in [9.17, 15) is 14.7 Å². The van der Waals surface area contributed by atoms with Crippen molar-refractivity contribution in [2.75, 3.05) is 13.7 Å². The summed E-state index contributed by atoms with van der Waals surface area (Å²) in [6.45, 7) is 8.90. The number of aliphatic carboxylic acids is 1. The molecule has 0 aliphatic carbocycles. The number of ether oxygens (including phenoxy) is 1. The molecule has 35 heavy (non-hydrogen) atoms. The molecule has 6 nitrogen and oxygen atoms in total. The minimum Gasteiger partial charge on any atom is -0.481 e. The molecule has 4 rings (SSSR count). The molecule has 6 heteroatoms. The van der Waals surface area contributed by atoms with Crippen LogP contribution in [0.5, 0.6) is 5.88 Å². The largest absolute Gasteiger partial charge is 0.481 e. The average Bonchev–Trinajstić information content (AvgIpc) is 2.85. The Kier molecular flexibility index (Phi) is 6.92. The van der Waals surface area contributed by atoms with Gasteiger partial charge < -0.3 is 14.7 Å². The van der Waals surface area contributed by atoms with Gasteiger partial charge in [0.2, 0.25) is 5.88 Å². The van der Waals surface area contributed by atoms with Gasteiger partial charge in [-0.05, 0) is 78.3 Å². The number of nitrogens with zero attached hydrogens (tertiary/aromatic N) is 2. The number of carboxylic acid groups (broad SMARTS) is 1. The van der Waals surface area contributed by atoms with Gasteiger partial charge in [0.05, 0.1) is 13.0 Å². The van der Waals surface area contributed by atoms with Gasteiger partial charge in [0.15, 0.2) is 0 Å². The van der Waals surface area contributed by atoms with E-state index in [0.717, 1.165) is 39.8 Å². The van der Waals surface area contributed by atoms with E-state index in [0.29, 0.717) is 24.5 Å². The Balaban J connectivity index is 1.68. The average molecular weight is 473 g/mol. The number of rotatable bonds is 6. The molecule has 3 aromatic rings. The van der Waals surface area contributed by atoms with Crippen molar-refractivity contribution in [1.29, 1.82) is 0 Å². The molecular formula is C29H32N2O4. The summed E-state index contributed by atoms with van der Waals surface area (Å²) in [5.74, 6) is -1.37. The fourth-order valence-electron chi connectivity index (χ4n) is 4.86. The highest BCUT2D eigenvalue weighted by Crippen LogP contribution is 2.36. The summed E-state index contributed by atoms with van der Waals surface area (Å²) in [5, 5.41) is 9.89. The zero-order chi connectivity index (χ0) is 25.3. The van der Waals surface area contributed by atoms with Crippen LogP contribution in [0.15, 0.2) is 48.7 Å². The minimum absolute atomic E-state index is 0.0230. The minimum atomic E-state index is -0.866. The molecule has 0 radical (unpaired) electrons. The molecule has 2 aromatic carbocycles. The Bertz CT molecular complexity index is 1280. The van der Waals surface area contributed by atoms with Crippen molar-refractivity contribution in [2.45, 2.75) is 46.6 Å². The standard InChI is InChI=1S/C29H32N2O4/c1-17-6-7-23(12-18(17)2)28(32)31-11-10-21-8-9-22(14-24(21)16-31)27(20(4)29(33)34)25-15-30-26(35-5)13-19(25)3/h6-9,12-15,20,27H,10-11,16H2,1-5H3,(H,33,34). The van der Waals surface area contributed by atoms with Gasteiger partial charge in [-0.3, -0.25) is 9.59 Å². The van der Waals surface area contributed by atoms with Crippen LogP contribution >= 0.6 is 0 Å². The summed E-state index contributed by atoms with van der Waals surface area (Å²) >= 11 is 0. The molecule has 0 bridgehead atoms. The van der Waals surface area contributed by atoms with E-state index < -0.39 is 11.9 Å². The maximum Gasteiger partial charge on any atom is 0.307 e. The first-order valence-electron chi connectivity index (χ1n) is 11.9. The number of pyridine rings is 1. The van der Waals surface area contributed by atoms with Gasteiger partial charge in [0, 0.05) is 36.8 Å². The van der Waals surface area contributed by atoms with Crippen molar-refractivity contribution in [3.63, 3.8) is 0 Å². The van der Waals surface area contributed by atoms with E-state index in [1.54, 1.807) is 20.2 Å². The molecule has 2 heterocycles. The zero-order valence-corrected chi connectivity index (χ0v) is 21.0. The Morgan fingerprint density at radius 2 is 1.77 bits per heavy atom. The fraction of sp³-hybridized carbons (Fsp3) is 0.345. The molecule has 1 amide bonds. The molecule has 0 fully saturated rings. The van der Waals surface area contributed by atoms with Gasteiger partial charge in [-0.15, -0.1) is 0 Å². The number of carboxylic acids is 1. The molecule has 1 aliphatic rings. The third kappa shape index (κ3) is 4.92. The number of carbonyl (C=O) groups excluding carboxylic acids is 1. The zero-order valence-electron chi connectivity index (χ0n) is 21.0. The van der Waals surface area contributed by atoms with Gasteiger partial charge in [-0.1, -0.05) is 31.2 Å². The van der Waals surface area contributed by atoms with Gasteiger partial charge in [0.25, 0.3) is 5.91 Å². The van der Waals surface area contributed by atoms with Crippen LogP contribution in [0.4, 0.5) is 0 Å². The highest BCUT2D eigenvalue weighted by Gasteiger charge is 2.30. The predicted octanol–water partition coefficient (Wildman–Crippen LogP) is 5.07. The molecule has 1 N–H and O–H groups in total. The number of hydrogen-bond donors (Lipinski definition) is 1.